The van der Waals surface area contributed by atoms with Crippen molar-refractivity contribution in [1.82, 2.24) is 5.32 Å². The van der Waals surface area contributed by atoms with Crippen molar-refractivity contribution in [2.24, 2.45) is 5.16 Å². The second kappa shape index (κ2) is 9.32. The van der Waals surface area contributed by atoms with E-state index in [1.54, 1.807) is 29.4 Å². The highest BCUT2D eigenvalue weighted by Crippen LogP contribution is 2.11. The third-order valence-electron chi connectivity index (χ3n) is 2.67. The molecular formula is C15H18N2O3S2. The van der Waals surface area contributed by atoms with E-state index in [2.05, 4.69) is 10.5 Å². The van der Waals surface area contributed by atoms with Crippen LogP contribution in [-0.4, -0.2) is 30.5 Å². The number of rotatable bonds is 9. The third kappa shape index (κ3) is 5.95. The van der Waals surface area contributed by atoms with Crippen LogP contribution in [0.25, 0.3) is 0 Å². The summed E-state index contributed by atoms with van der Waals surface area (Å²) >= 11 is 3.29. The van der Waals surface area contributed by atoms with Gasteiger partial charge in [0.2, 0.25) is 0 Å². The van der Waals surface area contributed by atoms with E-state index in [0.29, 0.717) is 6.54 Å². The molecule has 0 unspecified atom stereocenters. The fourth-order valence-corrected chi connectivity index (χ4v) is 3.02. The van der Waals surface area contributed by atoms with Gasteiger partial charge in [0.15, 0.2) is 6.61 Å². The van der Waals surface area contributed by atoms with E-state index in [1.165, 1.54) is 0 Å². The molecule has 0 aliphatic carbocycles. The summed E-state index contributed by atoms with van der Waals surface area (Å²) in [4.78, 5) is 17.7. The molecule has 22 heavy (non-hydrogen) atoms. The Kier molecular flexibility index (Phi) is 7.05. The van der Waals surface area contributed by atoms with Gasteiger partial charge in [-0.3, -0.25) is 4.79 Å². The zero-order valence-corrected chi connectivity index (χ0v) is 13.9. The fourth-order valence-electron chi connectivity index (χ4n) is 1.60. The lowest BCUT2D eigenvalue weighted by molar-refractivity contribution is -0.125. The van der Waals surface area contributed by atoms with Gasteiger partial charge in [0, 0.05) is 12.3 Å². The molecule has 0 fully saturated rings. The summed E-state index contributed by atoms with van der Waals surface area (Å²) in [5, 5.41) is 8.70. The maximum absolute atomic E-state index is 11.6. The van der Waals surface area contributed by atoms with Gasteiger partial charge in [-0.15, -0.1) is 11.3 Å². The van der Waals surface area contributed by atoms with Crippen molar-refractivity contribution in [1.29, 1.82) is 0 Å². The van der Waals surface area contributed by atoms with E-state index >= 15 is 0 Å². The molecule has 2 rings (SSSR count). The largest absolute Gasteiger partial charge is 0.468 e. The number of hydrogen-bond acceptors (Lipinski definition) is 6. The van der Waals surface area contributed by atoms with Crippen molar-refractivity contribution in [2.75, 3.05) is 18.9 Å². The first-order chi connectivity index (χ1) is 10.8. The van der Waals surface area contributed by atoms with E-state index in [4.69, 9.17) is 9.25 Å². The zero-order chi connectivity index (χ0) is 15.6. The van der Waals surface area contributed by atoms with Gasteiger partial charge < -0.3 is 14.6 Å². The van der Waals surface area contributed by atoms with Gasteiger partial charge in [-0.25, -0.2) is 0 Å². The molecule has 118 valence electrons. The summed E-state index contributed by atoms with van der Waals surface area (Å²) in [6.07, 6.45) is 1.66. The zero-order valence-electron chi connectivity index (χ0n) is 12.3. The maximum Gasteiger partial charge on any atom is 0.260 e. The van der Waals surface area contributed by atoms with Gasteiger partial charge in [-0.2, -0.15) is 11.8 Å². The van der Waals surface area contributed by atoms with Gasteiger partial charge in [-0.1, -0.05) is 11.2 Å². The monoisotopic (exact) mass is 338 g/mol. The maximum atomic E-state index is 11.6. The number of nitrogens with one attached hydrogen (secondary N) is 1. The van der Waals surface area contributed by atoms with Gasteiger partial charge in [0.05, 0.1) is 22.6 Å². The Morgan fingerprint density at radius 2 is 2.36 bits per heavy atom. The molecule has 0 aliphatic rings. The highest BCUT2D eigenvalue weighted by Gasteiger charge is 2.03. The highest BCUT2D eigenvalue weighted by atomic mass is 32.2. The lowest BCUT2D eigenvalue weighted by atomic mass is 10.3. The number of amides is 1. The minimum absolute atomic E-state index is 0.0639. The Labute approximate surface area is 137 Å². The van der Waals surface area contributed by atoms with Crippen LogP contribution < -0.4 is 5.32 Å². The molecule has 0 bridgehead atoms. The summed E-state index contributed by atoms with van der Waals surface area (Å²) in [5.41, 5.74) is 0.775. The predicted molar refractivity (Wildman–Crippen MR) is 90.4 cm³/mol. The van der Waals surface area contributed by atoms with Crippen molar-refractivity contribution < 1.29 is 14.0 Å². The highest BCUT2D eigenvalue weighted by molar-refractivity contribution is 7.98. The second-order valence-corrected chi connectivity index (χ2v) is 6.46. The third-order valence-corrected chi connectivity index (χ3v) is 4.63. The van der Waals surface area contributed by atoms with Crippen LogP contribution in [0, 0.1) is 0 Å². The molecule has 2 heterocycles. The minimum Gasteiger partial charge on any atom is -0.468 e. The predicted octanol–water partition coefficient (Wildman–Crippen LogP) is 3.13. The molecule has 5 nitrogen and oxygen atoms in total. The van der Waals surface area contributed by atoms with Crippen molar-refractivity contribution in [3.8, 4) is 0 Å². The Hall–Kier alpha value is -1.73. The number of carbonyl (C=O) groups is 1. The van der Waals surface area contributed by atoms with Crippen molar-refractivity contribution >= 4 is 34.7 Å². The van der Waals surface area contributed by atoms with Crippen LogP contribution in [-0.2, 0) is 15.4 Å². The first-order valence-corrected chi connectivity index (χ1v) is 8.86. The Morgan fingerprint density at radius 1 is 1.45 bits per heavy atom. The summed E-state index contributed by atoms with van der Waals surface area (Å²) < 4.78 is 5.23. The summed E-state index contributed by atoms with van der Waals surface area (Å²) in [5.74, 6) is 2.41. The van der Waals surface area contributed by atoms with Crippen LogP contribution in [0.4, 0.5) is 0 Å². The van der Waals surface area contributed by atoms with E-state index in [1.807, 2.05) is 36.6 Å². The van der Waals surface area contributed by atoms with Crippen molar-refractivity contribution in [3.63, 3.8) is 0 Å². The number of thioether (sulfide) groups is 1. The Bertz CT molecular complexity index is 580. The van der Waals surface area contributed by atoms with Crippen molar-refractivity contribution in [3.05, 3.63) is 46.5 Å². The van der Waals surface area contributed by atoms with Crippen LogP contribution in [0.15, 0.2) is 45.5 Å². The van der Waals surface area contributed by atoms with Crippen LogP contribution in [0.3, 0.4) is 0 Å². The normalized spacial score (nSPS) is 11.4. The molecule has 0 saturated heterocycles. The quantitative estimate of drug-likeness (QED) is 0.433. The summed E-state index contributed by atoms with van der Waals surface area (Å²) in [6.45, 7) is 2.39. The van der Waals surface area contributed by atoms with Gasteiger partial charge >= 0.3 is 0 Å². The molecule has 2 aromatic heterocycles. The summed E-state index contributed by atoms with van der Waals surface area (Å²) in [6, 6.07) is 7.72. The molecular weight excluding hydrogens is 320 g/mol. The second-order valence-electron chi connectivity index (χ2n) is 4.41. The van der Waals surface area contributed by atoms with E-state index < -0.39 is 0 Å². The first-order valence-electron chi connectivity index (χ1n) is 6.83. The van der Waals surface area contributed by atoms with Crippen LogP contribution in [0.5, 0.6) is 0 Å². The number of carbonyl (C=O) groups excluding carboxylic acids is 1. The molecule has 2 aromatic rings. The molecule has 0 aromatic carbocycles. The number of nitrogens with zero attached hydrogens (tertiary/aromatic N) is 1. The lowest BCUT2D eigenvalue weighted by Gasteiger charge is -2.04. The van der Waals surface area contributed by atoms with Crippen LogP contribution in [0.2, 0.25) is 0 Å². The standard InChI is InChI=1S/C15H18N2O3S2/c1-12(14-5-3-8-22-14)17-20-10-15(18)16-6-9-21-11-13-4-2-7-19-13/h2-5,7-8H,6,9-11H2,1H3,(H,16,18)/b17-12-. The van der Waals surface area contributed by atoms with Gasteiger partial charge in [-0.05, 0) is 30.5 Å². The molecule has 0 saturated carbocycles. The average Bonchev–Trinajstić information content (AvgIpc) is 3.20. The average molecular weight is 338 g/mol. The van der Waals surface area contributed by atoms with Crippen LogP contribution in [0.1, 0.15) is 17.6 Å². The number of hydrogen-bond donors (Lipinski definition) is 1. The molecule has 0 radical (unpaired) electrons. The van der Waals surface area contributed by atoms with E-state index in [-0.39, 0.29) is 12.5 Å². The molecule has 7 heteroatoms. The molecule has 0 atom stereocenters. The smallest absolute Gasteiger partial charge is 0.260 e. The lowest BCUT2D eigenvalue weighted by Crippen LogP contribution is -2.29. The Morgan fingerprint density at radius 3 is 3.09 bits per heavy atom. The fraction of sp³-hybridized carbons (Fsp3) is 0.333. The molecule has 1 amide bonds. The topological polar surface area (TPSA) is 63.8 Å². The molecule has 0 aliphatic heterocycles. The first kappa shape index (κ1) is 16.6. The van der Waals surface area contributed by atoms with Crippen LogP contribution >= 0.6 is 23.1 Å². The number of thiophene rings is 1. The van der Waals surface area contributed by atoms with E-state index in [0.717, 1.165) is 27.9 Å². The number of oxime groups is 1. The molecule has 0 spiro atoms. The van der Waals surface area contributed by atoms with Gasteiger partial charge in [0.1, 0.15) is 5.76 Å². The molecule has 1 N–H and O–H groups in total. The van der Waals surface area contributed by atoms with Gasteiger partial charge in [0.25, 0.3) is 5.91 Å². The summed E-state index contributed by atoms with van der Waals surface area (Å²) in [7, 11) is 0. The SMILES string of the molecule is C/C(=N/OCC(=O)NCCSCc1ccco1)c1cccs1. The minimum atomic E-state index is -0.165. The van der Waals surface area contributed by atoms with E-state index in [9.17, 15) is 4.79 Å². The number of furan rings is 1. The Balaban J connectivity index is 1.53. The van der Waals surface area contributed by atoms with Crippen molar-refractivity contribution in [2.45, 2.75) is 12.7 Å².